The lowest BCUT2D eigenvalue weighted by atomic mass is 10.1. The van der Waals surface area contributed by atoms with Crippen LogP contribution in [0.25, 0.3) is 0 Å². The lowest BCUT2D eigenvalue weighted by Crippen LogP contribution is -2.48. The molecule has 3 rings (SSSR count). The summed E-state index contributed by atoms with van der Waals surface area (Å²) >= 11 is 7.94. The summed E-state index contributed by atoms with van der Waals surface area (Å²) in [5, 5.41) is 3.45. The molecule has 118 valence electrons. The molecule has 0 spiro atoms. The third-order valence-electron chi connectivity index (χ3n) is 4.43. The Balaban J connectivity index is 1.83. The molecule has 2 saturated heterocycles. The number of fused-ring (bicyclic) bond motifs is 1. The van der Waals surface area contributed by atoms with Crippen molar-refractivity contribution in [3.8, 4) is 0 Å². The number of carbonyl (C=O) groups is 2. The second kappa shape index (κ2) is 5.46. The van der Waals surface area contributed by atoms with Gasteiger partial charge in [0.1, 0.15) is 6.04 Å². The van der Waals surface area contributed by atoms with E-state index in [1.165, 1.54) is 0 Å². The van der Waals surface area contributed by atoms with E-state index in [1.807, 2.05) is 32.9 Å². The number of aryl methyl sites for hydroxylation is 2. The van der Waals surface area contributed by atoms with E-state index in [-0.39, 0.29) is 16.7 Å². The first-order chi connectivity index (χ1) is 10.3. The number of nitrogens with one attached hydrogen (secondary N) is 1. The van der Waals surface area contributed by atoms with Crippen molar-refractivity contribution in [3.05, 3.63) is 28.3 Å². The van der Waals surface area contributed by atoms with Crippen molar-refractivity contribution in [2.24, 2.45) is 0 Å². The Hall–Kier alpha value is -1.20. The van der Waals surface area contributed by atoms with Crippen molar-refractivity contribution in [1.82, 2.24) is 4.90 Å². The van der Waals surface area contributed by atoms with Crippen molar-refractivity contribution >= 4 is 40.9 Å². The molecule has 2 amide bonds. The number of hydrogen-bond acceptors (Lipinski definition) is 3. The maximum atomic E-state index is 12.7. The number of halogens is 1. The second-order valence-corrected chi connectivity index (χ2v) is 8.10. The molecule has 0 unspecified atom stereocenters. The minimum Gasteiger partial charge on any atom is -0.323 e. The Morgan fingerprint density at radius 1 is 1.45 bits per heavy atom. The number of thioether (sulfide) groups is 1. The van der Waals surface area contributed by atoms with Crippen molar-refractivity contribution in [3.63, 3.8) is 0 Å². The van der Waals surface area contributed by atoms with Gasteiger partial charge in [0.25, 0.3) is 0 Å². The molecule has 1 aromatic rings. The van der Waals surface area contributed by atoms with Crippen LogP contribution in [0, 0.1) is 13.8 Å². The Bertz CT molecular complexity index is 641. The van der Waals surface area contributed by atoms with Gasteiger partial charge in [-0.15, -0.1) is 11.8 Å². The molecule has 0 radical (unpaired) electrons. The zero-order valence-corrected chi connectivity index (χ0v) is 14.5. The highest BCUT2D eigenvalue weighted by molar-refractivity contribution is 8.01. The van der Waals surface area contributed by atoms with E-state index in [1.54, 1.807) is 16.7 Å². The van der Waals surface area contributed by atoms with E-state index in [4.69, 9.17) is 11.6 Å². The lowest BCUT2D eigenvalue weighted by Gasteiger charge is -2.30. The third kappa shape index (κ3) is 2.50. The number of carbonyl (C=O) groups excluding carboxylic acids is 2. The highest BCUT2D eigenvalue weighted by atomic mass is 35.5. The number of nitrogens with zero attached hydrogens (tertiary/aromatic N) is 1. The Morgan fingerprint density at radius 2 is 2.18 bits per heavy atom. The molecule has 2 aliphatic heterocycles. The highest BCUT2D eigenvalue weighted by Gasteiger charge is 2.52. The second-order valence-electron chi connectivity index (χ2n) is 6.19. The molecule has 1 aromatic carbocycles. The summed E-state index contributed by atoms with van der Waals surface area (Å²) in [4.78, 5) is 26.3. The van der Waals surface area contributed by atoms with Crippen molar-refractivity contribution < 1.29 is 9.59 Å². The lowest BCUT2D eigenvalue weighted by molar-refractivity contribution is -0.135. The zero-order chi connectivity index (χ0) is 16.1. The van der Waals surface area contributed by atoms with Gasteiger partial charge in [-0.05, 0) is 44.4 Å². The molecule has 0 saturated carbocycles. The molecule has 2 atom stereocenters. The van der Waals surface area contributed by atoms with Gasteiger partial charge < -0.3 is 10.2 Å². The van der Waals surface area contributed by atoms with Gasteiger partial charge in [0.05, 0.1) is 15.6 Å². The fraction of sp³-hybridized carbons (Fsp3) is 0.500. The van der Waals surface area contributed by atoms with E-state index >= 15 is 0 Å². The molecule has 6 heteroatoms. The van der Waals surface area contributed by atoms with Gasteiger partial charge in [-0.1, -0.05) is 17.7 Å². The largest absolute Gasteiger partial charge is 0.323 e. The summed E-state index contributed by atoms with van der Waals surface area (Å²) in [5.74, 6) is 0.552. The van der Waals surface area contributed by atoms with Crippen LogP contribution in [0.2, 0.25) is 5.02 Å². The number of anilines is 1. The van der Waals surface area contributed by atoms with Crippen molar-refractivity contribution in [1.29, 1.82) is 0 Å². The SMILES string of the molecule is Cc1cc(C)c(NC(=O)[C@@H]2CS[C@]3(C)CCC(=O)N23)c(Cl)c1. The molecule has 4 nitrogen and oxygen atoms in total. The normalized spacial score (nSPS) is 27.2. The van der Waals surface area contributed by atoms with Gasteiger partial charge in [0, 0.05) is 12.2 Å². The maximum absolute atomic E-state index is 12.7. The summed E-state index contributed by atoms with van der Waals surface area (Å²) in [7, 11) is 0. The van der Waals surface area contributed by atoms with Crippen LogP contribution in [0.5, 0.6) is 0 Å². The van der Waals surface area contributed by atoms with E-state index < -0.39 is 6.04 Å². The average Bonchev–Trinajstić information content (AvgIpc) is 2.91. The van der Waals surface area contributed by atoms with Gasteiger partial charge >= 0.3 is 0 Å². The fourth-order valence-electron chi connectivity index (χ4n) is 3.30. The van der Waals surface area contributed by atoms with Gasteiger partial charge in [-0.3, -0.25) is 9.59 Å². The smallest absolute Gasteiger partial charge is 0.248 e. The molecule has 0 bridgehead atoms. The summed E-state index contributed by atoms with van der Waals surface area (Å²) in [5.41, 5.74) is 2.63. The molecular formula is C16H19ClN2O2S. The fourth-order valence-corrected chi connectivity index (χ4v) is 5.10. The van der Waals surface area contributed by atoms with Gasteiger partial charge in [-0.25, -0.2) is 0 Å². The van der Waals surface area contributed by atoms with Crippen LogP contribution in [0.4, 0.5) is 5.69 Å². The molecule has 2 heterocycles. The molecule has 0 aliphatic carbocycles. The Morgan fingerprint density at radius 3 is 2.86 bits per heavy atom. The van der Waals surface area contributed by atoms with Gasteiger partial charge in [0.15, 0.2) is 0 Å². The first kappa shape index (κ1) is 15.7. The number of rotatable bonds is 2. The number of hydrogen-bond donors (Lipinski definition) is 1. The average molecular weight is 339 g/mol. The predicted octanol–water partition coefficient (Wildman–Crippen LogP) is 3.35. The Kier molecular flexibility index (Phi) is 3.89. The molecule has 0 aromatic heterocycles. The first-order valence-corrected chi connectivity index (χ1v) is 8.72. The van der Waals surface area contributed by atoms with Crippen LogP contribution in [0.3, 0.4) is 0 Å². The van der Waals surface area contributed by atoms with Crippen molar-refractivity contribution in [2.75, 3.05) is 11.1 Å². The van der Waals surface area contributed by atoms with Gasteiger partial charge in [0.2, 0.25) is 11.8 Å². The van der Waals surface area contributed by atoms with E-state index in [0.29, 0.717) is 22.9 Å². The maximum Gasteiger partial charge on any atom is 0.248 e. The monoisotopic (exact) mass is 338 g/mol. The van der Waals surface area contributed by atoms with E-state index in [9.17, 15) is 9.59 Å². The standard InChI is InChI=1S/C16H19ClN2O2S/c1-9-6-10(2)14(11(17)7-9)18-15(21)12-8-22-16(3)5-4-13(20)19(12)16/h6-7,12H,4-5,8H2,1-3H3,(H,18,21)/t12-,16+/m0/s1. The van der Waals surface area contributed by atoms with E-state index in [0.717, 1.165) is 17.5 Å². The molecule has 2 aliphatic rings. The molecular weight excluding hydrogens is 320 g/mol. The quantitative estimate of drug-likeness (QED) is 0.899. The molecule has 22 heavy (non-hydrogen) atoms. The first-order valence-electron chi connectivity index (χ1n) is 7.35. The van der Waals surface area contributed by atoms with Crippen LogP contribution >= 0.6 is 23.4 Å². The van der Waals surface area contributed by atoms with Crippen LogP contribution in [-0.4, -0.2) is 33.4 Å². The van der Waals surface area contributed by atoms with Crippen LogP contribution in [-0.2, 0) is 9.59 Å². The zero-order valence-electron chi connectivity index (χ0n) is 12.9. The minimum absolute atomic E-state index is 0.0689. The Labute approximate surface area is 139 Å². The minimum atomic E-state index is -0.415. The summed E-state index contributed by atoms with van der Waals surface area (Å²) in [6, 6.07) is 3.40. The van der Waals surface area contributed by atoms with Crippen LogP contribution in [0.15, 0.2) is 12.1 Å². The van der Waals surface area contributed by atoms with Gasteiger partial charge in [-0.2, -0.15) is 0 Å². The van der Waals surface area contributed by atoms with Crippen molar-refractivity contribution in [2.45, 2.75) is 44.5 Å². The van der Waals surface area contributed by atoms with E-state index in [2.05, 4.69) is 5.32 Å². The third-order valence-corrected chi connectivity index (χ3v) is 6.23. The number of amides is 2. The molecule has 2 fully saturated rings. The summed E-state index contributed by atoms with van der Waals surface area (Å²) in [6.07, 6.45) is 1.34. The number of benzene rings is 1. The topological polar surface area (TPSA) is 49.4 Å². The summed E-state index contributed by atoms with van der Waals surface area (Å²) < 4.78 is 0. The summed E-state index contributed by atoms with van der Waals surface area (Å²) in [6.45, 7) is 5.93. The van der Waals surface area contributed by atoms with Crippen LogP contribution < -0.4 is 5.32 Å². The molecule has 1 N–H and O–H groups in total. The van der Waals surface area contributed by atoms with Crippen LogP contribution in [0.1, 0.15) is 30.9 Å². The predicted molar refractivity (Wildman–Crippen MR) is 90.3 cm³/mol. The highest BCUT2D eigenvalue weighted by Crippen LogP contribution is 2.47.